The van der Waals surface area contributed by atoms with Crippen molar-refractivity contribution in [2.75, 3.05) is 0 Å². The second-order valence-corrected chi connectivity index (χ2v) is 4.17. The van der Waals surface area contributed by atoms with Gasteiger partial charge in [-0.3, -0.25) is 19.2 Å². The average Bonchev–Trinajstić information content (AvgIpc) is 2.22. The average molecular weight is 242 g/mol. The van der Waals surface area contributed by atoms with E-state index >= 15 is 0 Å². The van der Waals surface area contributed by atoms with Crippen molar-refractivity contribution in [3.63, 3.8) is 0 Å². The molecule has 0 radical (unpaired) electrons. The minimum Gasteiger partial charge on any atom is -0.345 e. The molecule has 0 aromatic carbocycles. The lowest BCUT2D eigenvalue weighted by atomic mass is 10.00. The Morgan fingerprint density at radius 2 is 1.59 bits per heavy atom. The summed E-state index contributed by atoms with van der Waals surface area (Å²) >= 11 is 0. The normalized spacial score (nSPS) is 13.7. The highest BCUT2D eigenvalue weighted by atomic mass is 16.2. The molecule has 6 nitrogen and oxygen atoms in total. The first-order valence-corrected chi connectivity index (χ1v) is 5.36. The number of carbonyl (C=O) groups excluding carboxylic acids is 4. The Labute approximate surface area is 100 Å². The highest BCUT2D eigenvalue weighted by molar-refractivity contribution is 6.28. The number of amides is 2. The second-order valence-electron chi connectivity index (χ2n) is 4.17. The van der Waals surface area contributed by atoms with E-state index in [2.05, 4.69) is 10.6 Å². The molecule has 0 heterocycles. The Morgan fingerprint density at radius 1 is 1.06 bits per heavy atom. The van der Waals surface area contributed by atoms with Crippen molar-refractivity contribution < 1.29 is 19.2 Å². The predicted octanol–water partition coefficient (Wildman–Crippen LogP) is -0.580. The summed E-state index contributed by atoms with van der Waals surface area (Å²) in [7, 11) is 0. The number of Topliss-reactive ketones (excluding diaryl/α,β-unsaturated/α-hetero) is 1. The van der Waals surface area contributed by atoms with Crippen molar-refractivity contribution in [3.05, 3.63) is 0 Å². The summed E-state index contributed by atoms with van der Waals surface area (Å²) in [5.74, 6) is -1.70. The Kier molecular flexibility index (Phi) is 6.09. The number of hydrogen-bond acceptors (Lipinski definition) is 4. The van der Waals surface area contributed by atoms with E-state index in [4.69, 9.17) is 0 Å². The molecule has 0 aliphatic carbocycles. The van der Waals surface area contributed by atoms with Crippen LogP contribution in [0.4, 0.5) is 0 Å². The van der Waals surface area contributed by atoms with Gasteiger partial charge >= 0.3 is 0 Å². The maximum atomic E-state index is 11.6. The van der Waals surface area contributed by atoms with Crippen molar-refractivity contribution in [3.8, 4) is 0 Å². The molecule has 0 unspecified atom stereocenters. The fraction of sp³-hybridized carbons (Fsp3) is 0.636. The van der Waals surface area contributed by atoms with Gasteiger partial charge in [0.25, 0.3) is 0 Å². The van der Waals surface area contributed by atoms with Crippen LogP contribution in [0.2, 0.25) is 0 Å². The van der Waals surface area contributed by atoms with Gasteiger partial charge in [0.1, 0.15) is 6.04 Å². The molecule has 0 bridgehead atoms. The van der Waals surface area contributed by atoms with Crippen molar-refractivity contribution >= 4 is 23.9 Å². The zero-order chi connectivity index (χ0) is 13.6. The number of rotatable bonds is 6. The Hall–Kier alpha value is -1.72. The molecule has 2 atom stereocenters. The van der Waals surface area contributed by atoms with Crippen molar-refractivity contribution in [1.29, 1.82) is 0 Å². The summed E-state index contributed by atoms with van der Waals surface area (Å²) in [6.45, 7) is 6.23. The molecule has 0 spiro atoms. The smallest absolute Gasteiger partial charge is 0.242 e. The van der Waals surface area contributed by atoms with Gasteiger partial charge in [0.15, 0.2) is 6.29 Å². The first kappa shape index (κ1) is 15.3. The molecule has 2 N–H and O–H groups in total. The van der Waals surface area contributed by atoms with Gasteiger partial charge in [0, 0.05) is 6.92 Å². The van der Waals surface area contributed by atoms with E-state index in [9.17, 15) is 19.2 Å². The molecule has 6 heteroatoms. The van der Waals surface area contributed by atoms with Crippen molar-refractivity contribution in [1.82, 2.24) is 10.6 Å². The number of nitrogens with one attached hydrogen (secondary N) is 2. The first-order valence-electron chi connectivity index (χ1n) is 5.36. The molecule has 2 amide bonds. The molecular weight excluding hydrogens is 224 g/mol. The van der Waals surface area contributed by atoms with Gasteiger partial charge < -0.3 is 10.6 Å². The number of hydrogen-bond donors (Lipinski definition) is 2. The molecule has 17 heavy (non-hydrogen) atoms. The zero-order valence-electron chi connectivity index (χ0n) is 10.4. The van der Waals surface area contributed by atoms with E-state index in [-0.39, 0.29) is 18.1 Å². The van der Waals surface area contributed by atoms with Crippen LogP contribution < -0.4 is 10.6 Å². The second kappa shape index (κ2) is 6.78. The van der Waals surface area contributed by atoms with Gasteiger partial charge in [-0.05, 0) is 12.8 Å². The van der Waals surface area contributed by atoms with E-state index in [1.54, 1.807) is 13.8 Å². The van der Waals surface area contributed by atoms with Gasteiger partial charge in [-0.25, -0.2) is 0 Å². The lowest BCUT2D eigenvalue weighted by Gasteiger charge is -2.21. The van der Waals surface area contributed by atoms with Gasteiger partial charge in [-0.2, -0.15) is 0 Å². The summed E-state index contributed by atoms with van der Waals surface area (Å²) in [5.41, 5.74) is 0. The summed E-state index contributed by atoms with van der Waals surface area (Å²) in [6, 6.07) is -1.59. The van der Waals surface area contributed by atoms with Crippen LogP contribution in [0.25, 0.3) is 0 Å². The summed E-state index contributed by atoms with van der Waals surface area (Å²) in [6.07, 6.45) is 0.189. The van der Waals surface area contributed by atoms with E-state index in [0.29, 0.717) is 0 Å². The van der Waals surface area contributed by atoms with Crippen molar-refractivity contribution in [2.45, 2.75) is 39.8 Å². The van der Waals surface area contributed by atoms with Crippen LogP contribution in [-0.2, 0) is 19.2 Å². The predicted molar refractivity (Wildman–Crippen MR) is 61.1 cm³/mol. The number of ketones is 1. The minimum absolute atomic E-state index is 0.189. The molecular formula is C11H18N2O4. The van der Waals surface area contributed by atoms with E-state index in [0.717, 1.165) is 0 Å². The number of carbonyl (C=O) groups is 4. The fourth-order valence-corrected chi connectivity index (χ4v) is 1.29. The maximum Gasteiger partial charge on any atom is 0.242 e. The van der Waals surface area contributed by atoms with Crippen LogP contribution in [0, 0.1) is 5.92 Å². The highest BCUT2D eigenvalue weighted by Crippen LogP contribution is 2.02. The van der Waals surface area contributed by atoms with Gasteiger partial charge in [0.05, 0.1) is 6.04 Å². The topological polar surface area (TPSA) is 92.3 Å². The Balaban J connectivity index is 4.56. The third-order valence-corrected chi connectivity index (χ3v) is 2.20. The fourth-order valence-electron chi connectivity index (χ4n) is 1.29. The van der Waals surface area contributed by atoms with Crippen LogP contribution >= 0.6 is 0 Å². The van der Waals surface area contributed by atoms with Crippen LogP contribution in [0.15, 0.2) is 0 Å². The van der Waals surface area contributed by atoms with Gasteiger partial charge in [-0.15, -0.1) is 0 Å². The van der Waals surface area contributed by atoms with Crippen LogP contribution in [0.5, 0.6) is 0 Å². The highest BCUT2D eigenvalue weighted by Gasteiger charge is 2.25. The SMILES string of the molecule is CC(=O)N[C@@H](C)C(=O)N[C@H](C(=O)C=O)C(C)C. The largest absolute Gasteiger partial charge is 0.345 e. The lowest BCUT2D eigenvalue weighted by Crippen LogP contribution is -2.52. The van der Waals surface area contributed by atoms with Gasteiger partial charge in [-0.1, -0.05) is 13.8 Å². The molecule has 0 aliphatic rings. The quantitative estimate of drug-likeness (QED) is 0.481. The minimum atomic E-state index is -0.851. The van der Waals surface area contributed by atoms with Crippen LogP contribution in [-0.4, -0.2) is 36.0 Å². The van der Waals surface area contributed by atoms with Crippen molar-refractivity contribution in [2.24, 2.45) is 5.92 Å². The summed E-state index contributed by atoms with van der Waals surface area (Å²) in [5, 5.41) is 4.83. The van der Waals surface area contributed by atoms with E-state index < -0.39 is 23.8 Å². The zero-order valence-corrected chi connectivity index (χ0v) is 10.4. The lowest BCUT2D eigenvalue weighted by molar-refractivity contribution is -0.135. The van der Waals surface area contributed by atoms with E-state index in [1.807, 2.05) is 0 Å². The number of aldehydes is 1. The molecule has 0 saturated heterocycles. The molecule has 0 fully saturated rings. The third-order valence-electron chi connectivity index (χ3n) is 2.20. The van der Waals surface area contributed by atoms with Crippen LogP contribution in [0.1, 0.15) is 27.7 Å². The van der Waals surface area contributed by atoms with Crippen LogP contribution in [0.3, 0.4) is 0 Å². The maximum absolute atomic E-state index is 11.6. The summed E-state index contributed by atoms with van der Waals surface area (Å²) in [4.78, 5) is 44.0. The molecule has 0 aliphatic heterocycles. The van der Waals surface area contributed by atoms with Gasteiger partial charge in [0.2, 0.25) is 17.6 Å². The summed E-state index contributed by atoms with van der Waals surface area (Å²) < 4.78 is 0. The molecule has 0 aromatic heterocycles. The molecule has 0 rings (SSSR count). The Bertz CT molecular complexity index is 325. The molecule has 96 valence electrons. The first-order chi connectivity index (χ1) is 7.79. The standard InChI is InChI=1S/C11H18N2O4/c1-6(2)10(9(16)5-14)13-11(17)7(3)12-8(4)15/h5-7,10H,1-4H3,(H,12,15)(H,13,17)/t7-,10-/m0/s1. The Morgan fingerprint density at radius 3 is 1.94 bits per heavy atom. The van der Waals surface area contributed by atoms with E-state index in [1.165, 1.54) is 13.8 Å². The molecule has 0 aromatic rings. The monoisotopic (exact) mass is 242 g/mol. The molecule has 0 saturated carbocycles. The third kappa shape index (κ3) is 5.24.